The van der Waals surface area contributed by atoms with Crippen molar-refractivity contribution in [1.29, 1.82) is 5.41 Å². The molecule has 4 rings (SSSR count). The Labute approximate surface area is 180 Å². The molecule has 0 bridgehead atoms. The highest BCUT2D eigenvalue weighted by Crippen LogP contribution is 2.50. The van der Waals surface area contributed by atoms with Gasteiger partial charge < -0.3 is 10.2 Å². The standard InChI is InChI=1S/C23H24ClN3OS/c1-22(2)13-23(3,15-6-8-16(24)9-7-15)17-11-14(5-10-18(17)27(22)4)12-19-20(28)26-21(25)29-19/h5-12H,13H2,1-4H3,(H2,25,26,28). The van der Waals surface area contributed by atoms with Crippen molar-refractivity contribution in [3.05, 3.63) is 69.1 Å². The summed E-state index contributed by atoms with van der Waals surface area (Å²) in [6.45, 7) is 6.82. The number of amides is 1. The zero-order valence-electron chi connectivity index (χ0n) is 17.0. The van der Waals surface area contributed by atoms with Gasteiger partial charge in [-0.05, 0) is 79.1 Å². The number of carbonyl (C=O) groups excluding carboxylic acids is 1. The molecule has 6 heteroatoms. The number of hydrogen-bond donors (Lipinski definition) is 2. The quantitative estimate of drug-likeness (QED) is 0.633. The topological polar surface area (TPSA) is 56.2 Å². The number of nitrogens with zero attached hydrogens (tertiary/aromatic N) is 1. The predicted octanol–water partition coefficient (Wildman–Crippen LogP) is 5.40. The average molecular weight is 426 g/mol. The van der Waals surface area contributed by atoms with E-state index in [1.54, 1.807) is 0 Å². The maximum absolute atomic E-state index is 12.0. The van der Waals surface area contributed by atoms with Crippen LogP contribution in [-0.4, -0.2) is 23.7 Å². The van der Waals surface area contributed by atoms with Crippen molar-refractivity contribution in [2.75, 3.05) is 11.9 Å². The van der Waals surface area contributed by atoms with Crippen molar-refractivity contribution >= 4 is 46.2 Å². The second-order valence-corrected chi connectivity index (χ2v) is 10.0. The lowest BCUT2D eigenvalue weighted by Gasteiger charge is -2.51. The van der Waals surface area contributed by atoms with Gasteiger partial charge in [-0.1, -0.05) is 36.7 Å². The molecule has 0 saturated carbocycles. The highest BCUT2D eigenvalue weighted by Gasteiger charge is 2.44. The van der Waals surface area contributed by atoms with Crippen molar-refractivity contribution in [2.24, 2.45) is 0 Å². The first-order valence-electron chi connectivity index (χ1n) is 9.54. The maximum Gasteiger partial charge on any atom is 0.264 e. The van der Waals surface area contributed by atoms with Gasteiger partial charge in [0.25, 0.3) is 5.91 Å². The van der Waals surface area contributed by atoms with Crippen molar-refractivity contribution < 1.29 is 4.79 Å². The summed E-state index contributed by atoms with van der Waals surface area (Å²) in [6.07, 6.45) is 2.81. The van der Waals surface area contributed by atoms with Crippen molar-refractivity contribution in [3.8, 4) is 0 Å². The molecular formula is C23H24ClN3OS. The highest BCUT2D eigenvalue weighted by molar-refractivity contribution is 8.18. The zero-order chi connectivity index (χ0) is 21.0. The fourth-order valence-electron chi connectivity index (χ4n) is 4.45. The normalized spacial score (nSPS) is 24.6. The summed E-state index contributed by atoms with van der Waals surface area (Å²) in [7, 11) is 2.14. The van der Waals surface area contributed by atoms with Gasteiger partial charge in [-0.2, -0.15) is 0 Å². The van der Waals surface area contributed by atoms with Crippen LogP contribution >= 0.6 is 23.4 Å². The molecule has 2 aromatic rings. The molecule has 0 aromatic heterocycles. The number of carbonyl (C=O) groups is 1. The van der Waals surface area contributed by atoms with Crippen LogP contribution in [0.15, 0.2) is 47.4 Å². The number of halogens is 1. The molecule has 29 heavy (non-hydrogen) atoms. The minimum absolute atomic E-state index is 0.0162. The molecule has 2 aliphatic heterocycles. The molecule has 1 saturated heterocycles. The molecule has 2 aromatic carbocycles. The minimum Gasteiger partial charge on any atom is -0.369 e. The Bertz CT molecular complexity index is 1040. The summed E-state index contributed by atoms with van der Waals surface area (Å²) < 4.78 is 0. The van der Waals surface area contributed by atoms with Crippen LogP contribution in [0.5, 0.6) is 0 Å². The van der Waals surface area contributed by atoms with Crippen molar-refractivity contribution in [3.63, 3.8) is 0 Å². The number of nitrogens with one attached hydrogen (secondary N) is 2. The molecular weight excluding hydrogens is 402 g/mol. The van der Waals surface area contributed by atoms with E-state index in [-0.39, 0.29) is 22.0 Å². The molecule has 2 aliphatic rings. The van der Waals surface area contributed by atoms with Crippen molar-refractivity contribution in [2.45, 2.75) is 38.1 Å². The highest BCUT2D eigenvalue weighted by atomic mass is 35.5. The molecule has 4 nitrogen and oxygen atoms in total. The summed E-state index contributed by atoms with van der Waals surface area (Å²) in [6, 6.07) is 14.5. The first kappa shape index (κ1) is 20.0. The molecule has 2 heterocycles. The summed E-state index contributed by atoms with van der Waals surface area (Å²) in [4.78, 5) is 14.9. The number of anilines is 1. The minimum atomic E-state index is -0.212. The van der Waals surface area contributed by atoms with E-state index >= 15 is 0 Å². The first-order valence-corrected chi connectivity index (χ1v) is 10.7. The second-order valence-electron chi connectivity index (χ2n) is 8.56. The molecule has 1 fully saturated rings. The van der Waals surface area contributed by atoms with Crippen LogP contribution in [0, 0.1) is 5.41 Å². The van der Waals surface area contributed by atoms with Crippen LogP contribution in [0.4, 0.5) is 5.69 Å². The Hall–Kier alpha value is -2.24. The van der Waals surface area contributed by atoms with Crippen LogP contribution in [-0.2, 0) is 10.2 Å². The lowest BCUT2D eigenvalue weighted by Crippen LogP contribution is -2.51. The molecule has 1 atom stereocenters. The van der Waals surface area contributed by atoms with E-state index in [9.17, 15) is 4.79 Å². The van der Waals surface area contributed by atoms with Crippen LogP contribution in [0.1, 0.15) is 43.9 Å². The lowest BCUT2D eigenvalue weighted by molar-refractivity contribution is -0.115. The van der Waals surface area contributed by atoms with Gasteiger partial charge in [0, 0.05) is 28.7 Å². The van der Waals surface area contributed by atoms with Gasteiger partial charge in [-0.3, -0.25) is 10.2 Å². The second kappa shape index (κ2) is 6.92. The van der Waals surface area contributed by atoms with E-state index in [0.717, 1.165) is 28.8 Å². The van der Waals surface area contributed by atoms with Gasteiger partial charge in [0.15, 0.2) is 5.17 Å². The van der Waals surface area contributed by atoms with E-state index in [0.29, 0.717) is 4.91 Å². The SMILES string of the molecule is CN1c2ccc(C=C3SC(=N)NC3=O)cc2C(C)(c2ccc(Cl)cc2)CC1(C)C. The fourth-order valence-corrected chi connectivity index (χ4v) is 5.28. The van der Waals surface area contributed by atoms with E-state index in [1.807, 2.05) is 24.3 Å². The van der Waals surface area contributed by atoms with Gasteiger partial charge in [0.1, 0.15) is 0 Å². The van der Waals surface area contributed by atoms with E-state index in [4.69, 9.17) is 17.0 Å². The lowest BCUT2D eigenvalue weighted by atomic mass is 9.65. The summed E-state index contributed by atoms with van der Waals surface area (Å²) in [5, 5.41) is 11.1. The van der Waals surface area contributed by atoms with Crippen LogP contribution in [0.25, 0.3) is 6.08 Å². The van der Waals surface area contributed by atoms with Gasteiger partial charge >= 0.3 is 0 Å². The fraction of sp³-hybridized carbons (Fsp3) is 0.304. The van der Waals surface area contributed by atoms with Gasteiger partial charge in [-0.15, -0.1) is 0 Å². The monoisotopic (exact) mass is 425 g/mol. The molecule has 0 aliphatic carbocycles. The predicted molar refractivity (Wildman–Crippen MR) is 123 cm³/mol. The molecule has 1 amide bonds. The van der Waals surface area contributed by atoms with Gasteiger partial charge in [-0.25, -0.2) is 0 Å². The third-order valence-corrected chi connectivity index (χ3v) is 7.19. The van der Waals surface area contributed by atoms with Crippen LogP contribution in [0.3, 0.4) is 0 Å². The third-order valence-electron chi connectivity index (χ3n) is 6.11. The maximum atomic E-state index is 12.0. The van der Waals surface area contributed by atoms with Gasteiger partial charge in [0.2, 0.25) is 0 Å². The Morgan fingerprint density at radius 1 is 1.17 bits per heavy atom. The number of hydrogen-bond acceptors (Lipinski definition) is 4. The van der Waals surface area contributed by atoms with Crippen LogP contribution < -0.4 is 10.2 Å². The summed E-state index contributed by atoms with van der Waals surface area (Å²) in [5.74, 6) is -0.212. The van der Waals surface area contributed by atoms with Crippen molar-refractivity contribution in [1.82, 2.24) is 5.32 Å². The smallest absolute Gasteiger partial charge is 0.264 e. The van der Waals surface area contributed by atoms with Gasteiger partial charge in [0.05, 0.1) is 4.91 Å². The third kappa shape index (κ3) is 3.47. The summed E-state index contributed by atoms with van der Waals surface area (Å²) >= 11 is 7.31. The number of fused-ring (bicyclic) bond motifs is 1. The average Bonchev–Trinajstić information content (AvgIpc) is 2.97. The number of amidine groups is 1. The Kier molecular flexibility index (Phi) is 4.79. The Morgan fingerprint density at radius 2 is 1.86 bits per heavy atom. The first-order chi connectivity index (χ1) is 13.6. The van der Waals surface area contributed by atoms with E-state index in [2.05, 4.69) is 62.3 Å². The largest absolute Gasteiger partial charge is 0.369 e. The number of rotatable bonds is 2. The molecule has 2 N–H and O–H groups in total. The van der Waals surface area contributed by atoms with Crippen LogP contribution in [0.2, 0.25) is 5.02 Å². The zero-order valence-corrected chi connectivity index (χ0v) is 18.5. The number of benzene rings is 2. The molecule has 1 unspecified atom stereocenters. The molecule has 0 radical (unpaired) electrons. The Balaban J connectivity index is 1.87. The summed E-state index contributed by atoms with van der Waals surface area (Å²) in [5.41, 5.74) is 4.40. The van der Waals surface area contributed by atoms with E-state index in [1.165, 1.54) is 16.8 Å². The number of thioether (sulfide) groups is 1. The van der Waals surface area contributed by atoms with E-state index < -0.39 is 0 Å². The Morgan fingerprint density at radius 3 is 2.48 bits per heavy atom. The molecule has 150 valence electrons. The molecule has 0 spiro atoms.